The Hall–Kier alpha value is -3.61. The molecule has 4 aromatic rings. The van der Waals surface area contributed by atoms with Gasteiger partial charge < -0.3 is 19.0 Å². The fraction of sp³-hybridized carbons (Fsp3) is 0.261. The Morgan fingerprint density at radius 3 is 2.70 bits per heavy atom. The molecule has 0 fully saturated rings. The van der Waals surface area contributed by atoms with Crippen LogP contribution in [0.1, 0.15) is 19.7 Å². The molecule has 1 amide bonds. The summed E-state index contributed by atoms with van der Waals surface area (Å²) in [6, 6.07) is 17.2. The number of aromatic nitrogens is 3. The molecule has 0 spiro atoms. The lowest BCUT2D eigenvalue weighted by Crippen LogP contribution is -2.19. The van der Waals surface area contributed by atoms with Crippen molar-refractivity contribution in [3.63, 3.8) is 0 Å². The highest BCUT2D eigenvalue weighted by molar-refractivity contribution is 5.94. The van der Waals surface area contributed by atoms with Gasteiger partial charge in [0.2, 0.25) is 11.8 Å². The summed E-state index contributed by atoms with van der Waals surface area (Å²) >= 11 is 0. The monoisotopic (exact) mass is 404 g/mol. The second-order valence-corrected chi connectivity index (χ2v) is 7.52. The summed E-state index contributed by atoms with van der Waals surface area (Å²) in [5.74, 6) is 1.85. The minimum absolute atomic E-state index is 0.1000. The Labute approximate surface area is 174 Å². The van der Waals surface area contributed by atoms with Crippen LogP contribution in [0.2, 0.25) is 0 Å². The number of hydrogen-bond acceptors (Lipinski definition) is 5. The number of carbonyl (C=O) groups excluding carboxylic acids is 1. The van der Waals surface area contributed by atoms with Gasteiger partial charge in [0, 0.05) is 17.3 Å². The maximum absolute atomic E-state index is 12.9. The molecule has 0 unspecified atom stereocenters. The standard InChI is InChI=1S/C23H24N4O3/c1-15(2)12-22-25-26-23(30-22)19-13-16-8-4-6-10-18(16)27(19)14-21(28)24-17-9-5-7-11-20(17)29-3/h4-11,13,15H,12,14H2,1-3H3,(H,24,28). The molecule has 2 aromatic carbocycles. The number of methoxy groups -OCH3 is 1. The van der Waals surface area contributed by atoms with E-state index in [1.54, 1.807) is 13.2 Å². The third-order valence-corrected chi connectivity index (χ3v) is 4.76. The molecule has 2 heterocycles. The number of ether oxygens (including phenoxy) is 1. The average Bonchev–Trinajstić information content (AvgIpc) is 3.32. The van der Waals surface area contributed by atoms with Gasteiger partial charge in [-0.25, -0.2) is 0 Å². The van der Waals surface area contributed by atoms with E-state index in [9.17, 15) is 4.79 Å². The van der Waals surface area contributed by atoms with E-state index in [1.165, 1.54) is 0 Å². The molecule has 0 aliphatic rings. The SMILES string of the molecule is COc1ccccc1NC(=O)Cn1c(-c2nnc(CC(C)C)o2)cc2ccccc21. The molecular formula is C23H24N4O3. The molecule has 7 heteroatoms. The van der Waals surface area contributed by atoms with Gasteiger partial charge in [-0.1, -0.05) is 44.2 Å². The normalized spacial score (nSPS) is 11.2. The zero-order chi connectivity index (χ0) is 21.1. The second kappa shape index (κ2) is 8.41. The second-order valence-electron chi connectivity index (χ2n) is 7.52. The molecule has 30 heavy (non-hydrogen) atoms. The summed E-state index contributed by atoms with van der Waals surface area (Å²) in [6.07, 6.45) is 0.710. The van der Waals surface area contributed by atoms with Gasteiger partial charge in [-0.05, 0) is 30.2 Å². The Morgan fingerprint density at radius 1 is 1.13 bits per heavy atom. The van der Waals surface area contributed by atoms with Crippen LogP contribution in [0, 0.1) is 5.92 Å². The minimum Gasteiger partial charge on any atom is -0.495 e. The molecule has 154 valence electrons. The van der Waals surface area contributed by atoms with Crippen LogP contribution in [-0.2, 0) is 17.8 Å². The van der Waals surface area contributed by atoms with E-state index in [4.69, 9.17) is 9.15 Å². The van der Waals surface area contributed by atoms with Crippen molar-refractivity contribution in [2.24, 2.45) is 5.92 Å². The van der Waals surface area contributed by atoms with E-state index >= 15 is 0 Å². The smallest absolute Gasteiger partial charge is 0.264 e. The Kier molecular flexibility index (Phi) is 5.52. The summed E-state index contributed by atoms with van der Waals surface area (Å²) < 4.78 is 13.1. The van der Waals surface area contributed by atoms with Gasteiger partial charge in [-0.3, -0.25) is 4.79 Å². The topological polar surface area (TPSA) is 82.2 Å². The summed E-state index contributed by atoms with van der Waals surface area (Å²) in [6.45, 7) is 4.30. The van der Waals surface area contributed by atoms with Crippen molar-refractivity contribution in [2.45, 2.75) is 26.8 Å². The molecule has 1 N–H and O–H groups in total. The first kappa shape index (κ1) is 19.7. The molecule has 0 atom stereocenters. The van der Waals surface area contributed by atoms with E-state index in [2.05, 4.69) is 29.4 Å². The van der Waals surface area contributed by atoms with Gasteiger partial charge in [-0.2, -0.15) is 0 Å². The zero-order valence-electron chi connectivity index (χ0n) is 17.3. The highest BCUT2D eigenvalue weighted by Gasteiger charge is 2.19. The van der Waals surface area contributed by atoms with Crippen LogP contribution < -0.4 is 10.1 Å². The van der Waals surface area contributed by atoms with Crippen LogP contribution in [0.3, 0.4) is 0 Å². The lowest BCUT2D eigenvalue weighted by molar-refractivity contribution is -0.116. The molecule has 0 aliphatic heterocycles. The lowest BCUT2D eigenvalue weighted by atomic mass is 10.1. The number of fused-ring (bicyclic) bond motifs is 1. The first-order valence-corrected chi connectivity index (χ1v) is 9.89. The predicted octanol–water partition coefficient (Wildman–Crippen LogP) is 4.54. The van der Waals surface area contributed by atoms with Gasteiger partial charge in [0.1, 0.15) is 18.0 Å². The quantitative estimate of drug-likeness (QED) is 0.489. The number of carbonyl (C=O) groups is 1. The summed E-state index contributed by atoms with van der Waals surface area (Å²) in [5, 5.41) is 12.3. The van der Waals surface area contributed by atoms with Crippen LogP contribution in [0.5, 0.6) is 5.75 Å². The fourth-order valence-corrected chi connectivity index (χ4v) is 3.43. The van der Waals surface area contributed by atoms with E-state index in [0.29, 0.717) is 41.3 Å². The van der Waals surface area contributed by atoms with Crippen LogP contribution in [0.25, 0.3) is 22.5 Å². The number of hydrogen-bond donors (Lipinski definition) is 1. The molecule has 7 nitrogen and oxygen atoms in total. The minimum atomic E-state index is -0.177. The number of nitrogens with zero attached hydrogens (tertiary/aromatic N) is 3. The maximum Gasteiger partial charge on any atom is 0.264 e. The highest BCUT2D eigenvalue weighted by atomic mass is 16.5. The van der Waals surface area contributed by atoms with E-state index in [1.807, 2.05) is 53.1 Å². The van der Waals surface area contributed by atoms with Crippen molar-refractivity contribution >= 4 is 22.5 Å². The largest absolute Gasteiger partial charge is 0.495 e. The van der Waals surface area contributed by atoms with Crippen molar-refractivity contribution in [1.29, 1.82) is 0 Å². The molecular weight excluding hydrogens is 380 g/mol. The zero-order valence-corrected chi connectivity index (χ0v) is 17.3. The summed E-state index contributed by atoms with van der Waals surface area (Å²) in [4.78, 5) is 12.9. The first-order chi connectivity index (χ1) is 14.5. The van der Waals surface area contributed by atoms with Gasteiger partial charge in [-0.15, -0.1) is 10.2 Å². The molecule has 0 saturated heterocycles. The first-order valence-electron chi connectivity index (χ1n) is 9.89. The molecule has 0 bridgehead atoms. The van der Waals surface area contributed by atoms with Crippen molar-refractivity contribution in [1.82, 2.24) is 14.8 Å². The van der Waals surface area contributed by atoms with Crippen molar-refractivity contribution in [2.75, 3.05) is 12.4 Å². The number of amides is 1. The van der Waals surface area contributed by atoms with Crippen molar-refractivity contribution in [3.8, 4) is 17.3 Å². The van der Waals surface area contributed by atoms with Gasteiger partial charge in [0.05, 0.1) is 12.8 Å². The fourth-order valence-electron chi connectivity index (χ4n) is 3.43. The van der Waals surface area contributed by atoms with Crippen LogP contribution in [-0.4, -0.2) is 27.8 Å². The van der Waals surface area contributed by atoms with E-state index in [-0.39, 0.29) is 12.5 Å². The number of anilines is 1. The third-order valence-electron chi connectivity index (χ3n) is 4.76. The average molecular weight is 404 g/mol. The number of para-hydroxylation sites is 3. The molecule has 4 rings (SSSR count). The van der Waals surface area contributed by atoms with Gasteiger partial charge in [0.15, 0.2) is 0 Å². The van der Waals surface area contributed by atoms with Crippen molar-refractivity contribution < 1.29 is 13.9 Å². The van der Waals surface area contributed by atoms with E-state index in [0.717, 1.165) is 10.9 Å². The molecule has 2 aromatic heterocycles. The number of nitrogens with one attached hydrogen (secondary N) is 1. The summed E-state index contributed by atoms with van der Waals surface area (Å²) in [7, 11) is 1.58. The van der Waals surface area contributed by atoms with Gasteiger partial charge in [0.25, 0.3) is 5.89 Å². The molecule has 0 radical (unpaired) electrons. The van der Waals surface area contributed by atoms with Gasteiger partial charge >= 0.3 is 0 Å². The maximum atomic E-state index is 12.9. The molecule has 0 aliphatic carbocycles. The van der Waals surface area contributed by atoms with Crippen LogP contribution in [0.4, 0.5) is 5.69 Å². The Morgan fingerprint density at radius 2 is 1.90 bits per heavy atom. The Bertz CT molecular complexity index is 1180. The lowest BCUT2D eigenvalue weighted by Gasteiger charge is -2.12. The van der Waals surface area contributed by atoms with Crippen LogP contribution in [0.15, 0.2) is 59.0 Å². The van der Waals surface area contributed by atoms with E-state index < -0.39 is 0 Å². The number of rotatable bonds is 7. The third kappa shape index (κ3) is 4.05. The predicted molar refractivity (Wildman–Crippen MR) is 115 cm³/mol. The molecule has 0 saturated carbocycles. The van der Waals surface area contributed by atoms with Crippen molar-refractivity contribution in [3.05, 3.63) is 60.5 Å². The summed E-state index contributed by atoms with van der Waals surface area (Å²) in [5.41, 5.74) is 2.26. The highest BCUT2D eigenvalue weighted by Crippen LogP contribution is 2.29. The number of benzene rings is 2. The Balaban J connectivity index is 1.67. The van der Waals surface area contributed by atoms with Crippen LogP contribution >= 0.6 is 0 Å².